The molecular formula is C11H17ClN2OS. The van der Waals surface area contributed by atoms with Crippen molar-refractivity contribution in [2.45, 2.75) is 25.8 Å². The molecule has 0 spiro atoms. The van der Waals surface area contributed by atoms with Crippen LogP contribution in [0.25, 0.3) is 0 Å². The Morgan fingerprint density at radius 3 is 2.81 bits per heavy atom. The Labute approximate surface area is 106 Å². The Morgan fingerprint density at radius 2 is 2.38 bits per heavy atom. The van der Waals surface area contributed by atoms with Crippen molar-refractivity contribution in [1.82, 2.24) is 5.32 Å². The van der Waals surface area contributed by atoms with Crippen LogP contribution in [0.3, 0.4) is 0 Å². The van der Waals surface area contributed by atoms with E-state index in [9.17, 15) is 4.79 Å². The first-order valence-electron chi connectivity index (χ1n) is 5.27. The third kappa shape index (κ3) is 2.97. The molecule has 0 saturated heterocycles. The van der Waals surface area contributed by atoms with Crippen LogP contribution in [0.5, 0.6) is 0 Å². The molecule has 1 fully saturated rings. The smallest absolute Gasteiger partial charge is 0.261 e. The summed E-state index contributed by atoms with van der Waals surface area (Å²) in [5.74, 6) is 0.643. The van der Waals surface area contributed by atoms with Gasteiger partial charge in [0.25, 0.3) is 5.91 Å². The first-order chi connectivity index (χ1) is 7.22. The molecule has 3 N–H and O–H groups in total. The molecule has 5 heteroatoms. The highest BCUT2D eigenvalue weighted by Gasteiger charge is 2.31. The minimum atomic E-state index is 0. The van der Waals surface area contributed by atoms with E-state index in [2.05, 4.69) is 5.32 Å². The van der Waals surface area contributed by atoms with Crippen LogP contribution >= 0.6 is 23.7 Å². The molecule has 0 radical (unpaired) electrons. The van der Waals surface area contributed by atoms with E-state index in [1.807, 2.05) is 18.4 Å². The van der Waals surface area contributed by atoms with Crippen molar-refractivity contribution in [2.24, 2.45) is 11.7 Å². The number of hydrogen-bond donors (Lipinski definition) is 2. The second kappa shape index (κ2) is 5.66. The topological polar surface area (TPSA) is 55.1 Å². The molecule has 1 aliphatic rings. The summed E-state index contributed by atoms with van der Waals surface area (Å²) in [6, 6.07) is 2.13. The van der Waals surface area contributed by atoms with Crippen LogP contribution in [0.1, 0.15) is 28.1 Å². The Kier molecular flexibility index (Phi) is 4.77. The van der Waals surface area contributed by atoms with Gasteiger partial charge in [0, 0.05) is 12.6 Å². The number of amides is 1. The molecule has 2 rings (SSSR count). The third-order valence-corrected chi connectivity index (χ3v) is 3.85. The van der Waals surface area contributed by atoms with Gasteiger partial charge >= 0.3 is 0 Å². The van der Waals surface area contributed by atoms with Crippen LogP contribution in [0.2, 0.25) is 0 Å². The lowest BCUT2D eigenvalue weighted by atomic mass is 10.2. The van der Waals surface area contributed by atoms with Crippen molar-refractivity contribution in [3.63, 3.8) is 0 Å². The normalized spacial score (nSPS) is 16.4. The fourth-order valence-electron chi connectivity index (χ4n) is 1.71. The van der Waals surface area contributed by atoms with Crippen LogP contribution in [-0.2, 0) is 0 Å². The molecule has 0 bridgehead atoms. The van der Waals surface area contributed by atoms with Crippen molar-refractivity contribution in [1.29, 1.82) is 0 Å². The number of nitrogens with one attached hydrogen (secondary N) is 1. The van der Waals surface area contributed by atoms with E-state index in [0.29, 0.717) is 12.5 Å². The SMILES string of the molecule is Cc1ccsc1C(=O)NC(CN)C1CC1.Cl. The van der Waals surface area contributed by atoms with Crippen LogP contribution in [0, 0.1) is 12.8 Å². The molecule has 1 heterocycles. The predicted molar refractivity (Wildman–Crippen MR) is 69.3 cm³/mol. The molecule has 1 amide bonds. The summed E-state index contributed by atoms with van der Waals surface area (Å²) < 4.78 is 0. The summed E-state index contributed by atoms with van der Waals surface area (Å²) in [6.45, 7) is 2.50. The molecule has 1 aromatic heterocycles. The zero-order valence-corrected chi connectivity index (χ0v) is 10.9. The van der Waals surface area contributed by atoms with Gasteiger partial charge in [0.2, 0.25) is 0 Å². The maximum absolute atomic E-state index is 11.9. The second-order valence-corrected chi connectivity index (χ2v) is 5.00. The maximum Gasteiger partial charge on any atom is 0.261 e. The third-order valence-electron chi connectivity index (χ3n) is 2.83. The summed E-state index contributed by atoms with van der Waals surface area (Å²) in [7, 11) is 0. The Hall–Kier alpha value is -0.580. The quantitative estimate of drug-likeness (QED) is 0.869. The molecule has 1 aliphatic carbocycles. The summed E-state index contributed by atoms with van der Waals surface area (Å²) in [5.41, 5.74) is 6.69. The molecule has 0 aromatic carbocycles. The van der Waals surface area contributed by atoms with Crippen LogP contribution < -0.4 is 11.1 Å². The minimum Gasteiger partial charge on any atom is -0.347 e. The van der Waals surface area contributed by atoms with Gasteiger partial charge in [-0.15, -0.1) is 23.7 Å². The first kappa shape index (κ1) is 13.5. The molecule has 3 nitrogen and oxygen atoms in total. The van der Waals surface area contributed by atoms with Crippen molar-refractivity contribution in [3.8, 4) is 0 Å². The van der Waals surface area contributed by atoms with Crippen LogP contribution in [0.15, 0.2) is 11.4 Å². The van der Waals surface area contributed by atoms with E-state index in [4.69, 9.17) is 5.73 Å². The minimum absolute atomic E-state index is 0. The number of rotatable bonds is 4. The Bertz CT molecular complexity index is 363. The Balaban J connectivity index is 0.00000128. The lowest BCUT2D eigenvalue weighted by Gasteiger charge is -2.15. The lowest BCUT2D eigenvalue weighted by Crippen LogP contribution is -2.41. The van der Waals surface area contributed by atoms with E-state index >= 15 is 0 Å². The number of thiophene rings is 1. The average Bonchev–Trinajstić information content (AvgIpc) is 2.97. The maximum atomic E-state index is 11.9. The van der Waals surface area contributed by atoms with E-state index in [0.717, 1.165) is 10.4 Å². The van der Waals surface area contributed by atoms with Gasteiger partial charge < -0.3 is 11.1 Å². The highest BCUT2D eigenvalue weighted by molar-refractivity contribution is 7.12. The van der Waals surface area contributed by atoms with Crippen LogP contribution in [0.4, 0.5) is 0 Å². The average molecular weight is 261 g/mol. The highest BCUT2D eigenvalue weighted by Crippen LogP contribution is 2.32. The fourth-order valence-corrected chi connectivity index (χ4v) is 2.54. The van der Waals surface area contributed by atoms with Gasteiger partial charge in [-0.3, -0.25) is 4.79 Å². The zero-order valence-electron chi connectivity index (χ0n) is 9.23. The zero-order chi connectivity index (χ0) is 10.8. The standard InChI is InChI=1S/C11H16N2OS.ClH/c1-7-4-5-15-10(7)11(14)13-9(6-12)8-2-3-8;/h4-5,8-9H,2-3,6,12H2,1H3,(H,13,14);1H. The first-order valence-corrected chi connectivity index (χ1v) is 6.15. The molecule has 1 saturated carbocycles. The summed E-state index contributed by atoms with van der Waals surface area (Å²) in [6.07, 6.45) is 2.40. The molecule has 1 atom stereocenters. The van der Waals surface area contributed by atoms with Gasteiger partial charge in [-0.1, -0.05) is 0 Å². The summed E-state index contributed by atoms with van der Waals surface area (Å²) in [4.78, 5) is 12.7. The lowest BCUT2D eigenvalue weighted by molar-refractivity contribution is 0.0937. The van der Waals surface area contributed by atoms with Gasteiger partial charge in [-0.25, -0.2) is 0 Å². The van der Waals surface area contributed by atoms with E-state index in [-0.39, 0.29) is 24.4 Å². The summed E-state index contributed by atoms with van der Waals surface area (Å²) in [5, 5.41) is 4.96. The fraction of sp³-hybridized carbons (Fsp3) is 0.545. The predicted octanol–water partition coefficient (Wildman–Crippen LogP) is 1.95. The van der Waals surface area contributed by atoms with Crippen molar-refractivity contribution >= 4 is 29.7 Å². The monoisotopic (exact) mass is 260 g/mol. The van der Waals surface area contributed by atoms with Crippen LogP contribution in [-0.4, -0.2) is 18.5 Å². The van der Waals surface area contributed by atoms with Crippen molar-refractivity contribution in [3.05, 3.63) is 21.9 Å². The molecule has 1 unspecified atom stereocenters. The molecule has 0 aliphatic heterocycles. The number of halogens is 1. The van der Waals surface area contributed by atoms with E-state index in [1.54, 1.807) is 0 Å². The summed E-state index contributed by atoms with van der Waals surface area (Å²) >= 11 is 1.49. The number of aryl methyl sites for hydroxylation is 1. The van der Waals surface area contributed by atoms with Gasteiger partial charge in [0.05, 0.1) is 4.88 Å². The number of nitrogens with two attached hydrogens (primary N) is 1. The Morgan fingerprint density at radius 1 is 1.69 bits per heavy atom. The van der Waals surface area contributed by atoms with Gasteiger partial charge in [-0.2, -0.15) is 0 Å². The number of carbonyl (C=O) groups is 1. The number of carbonyl (C=O) groups excluding carboxylic acids is 1. The van der Waals surface area contributed by atoms with E-state index < -0.39 is 0 Å². The van der Waals surface area contributed by atoms with Crippen molar-refractivity contribution < 1.29 is 4.79 Å². The van der Waals surface area contributed by atoms with E-state index in [1.165, 1.54) is 24.2 Å². The largest absolute Gasteiger partial charge is 0.347 e. The molecule has 16 heavy (non-hydrogen) atoms. The molecule has 1 aromatic rings. The number of hydrogen-bond acceptors (Lipinski definition) is 3. The molecular weight excluding hydrogens is 244 g/mol. The van der Waals surface area contributed by atoms with Crippen molar-refractivity contribution in [2.75, 3.05) is 6.54 Å². The highest BCUT2D eigenvalue weighted by atomic mass is 35.5. The van der Waals surface area contributed by atoms with Gasteiger partial charge in [0.15, 0.2) is 0 Å². The molecule has 90 valence electrons. The van der Waals surface area contributed by atoms with Gasteiger partial charge in [-0.05, 0) is 42.7 Å². The second-order valence-electron chi connectivity index (χ2n) is 4.09. The van der Waals surface area contributed by atoms with Gasteiger partial charge in [0.1, 0.15) is 0 Å².